The zero-order chi connectivity index (χ0) is 13.5. The fourth-order valence-corrected chi connectivity index (χ4v) is 1.24. The first kappa shape index (κ1) is 13.9. The third-order valence-electron chi connectivity index (χ3n) is 2.05. The third-order valence-corrected chi connectivity index (χ3v) is 2.05. The molecular weight excluding hydrogens is 239 g/mol. The number of urea groups is 1. The topological polar surface area (TPSA) is 83.1 Å². The third kappa shape index (κ3) is 4.36. The molecule has 0 saturated carbocycles. The number of anilines is 1. The predicted octanol–water partition coefficient (Wildman–Crippen LogP) is 0.867. The second kappa shape index (κ2) is 6.53. The van der Waals surface area contributed by atoms with Crippen molar-refractivity contribution < 1.29 is 14.0 Å². The number of nitrogens with zero attached hydrogens (tertiary/aromatic N) is 1. The van der Waals surface area contributed by atoms with Crippen molar-refractivity contribution in [3.63, 3.8) is 0 Å². The predicted molar refractivity (Wildman–Crippen MR) is 64.5 cm³/mol. The first-order valence-corrected chi connectivity index (χ1v) is 5.48. The molecule has 1 unspecified atom stereocenters. The van der Waals surface area contributed by atoms with E-state index >= 15 is 0 Å². The van der Waals surface area contributed by atoms with Crippen LogP contribution < -0.4 is 16.0 Å². The second-order valence-electron chi connectivity index (χ2n) is 3.61. The summed E-state index contributed by atoms with van der Waals surface area (Å²) in [7, 11) is 0. The molecule has 7 heteroatoms. The van der Waals surface area contributed by atoms with Gasteiger partial charge < -0.3 is 16.0 Å². The molecule has 0 aliphatic heterocycles. The molecule has 1 aromatic rings. The highest BCUT2D eigenvalue weighted by Gasteiger charge is 2.14. The fourth-order valence-electron chi connectivity index (χ4n) is 1.24. The van der Waals surface area contributed by atoms with E-state index in [2.05, 4.69) is 20.9 Å². The number of amides is 3. The van der Waals surface area contributed by atoms with Crippen molar-refractivity contribution in [2.45, 2.75) is 19.9 Å². The number of aromatic nitrogens is 1. The number of carbonyl (C=O) groups excluding carboxylic acids is 2. The van der Waals surface area contributed by atoms with Gasteiger partial charge in [-0.2, -0.15) is 0 Å². The molecular formula is C11H15FN4O2. The average molecular weight is 254 g/mol. The monoisotopic (exact) mass is 254 g/mol. The lowest BCUT2D eigenvalue weighted by Gasteiger charge is -2.13. The highest BCUT2D eigenvalue weighted by molar-refractivity contribution is 5.93. The van der Waals surface area contributed by atoms with Crippen LogP contribution in [0.4, 0.5) is 14.9 Å². The molecule has 6 nitrogen and oxygen atoms in total. The van der Waals surface area contributed by atoms with E-state index in [-0.39, 0.29) is 11.6 Å². The summed E-state index contributed by atoms with van der Waals surface area (Å²) >= 11 is 0. The molecule has 98 valence electrons. The normalized spacial score (nSPS) is 11.5. The van der Waals surface area contributed by atoms with E-state index in [9.17, 15) is 14.0 Å². The van der Waals surface area contributed by atoms with Gasteiger partial charge in [-0.15, -0.1) is 0 Å². The summed E-state index contributed by atoms with van der Waals surface area (Å²) in [4.78, 5) is 26.4. The molecule has 0 radical (unpaired) electrons. The number of halogens is 1. The molecule has 3 amide bonds. The molecule has 0 saturated heterocycles. The van der Waals surface area contributed by atoms with Crippen LogP contribution in [0.3, 0.4) is 0 Å². The summed E-state index contributed by atoms with van der Waals surface area (Å²) in [6.45, 7) is 3.82. The first-order valence-electron chi connectivity index (χ1n) is 5.48. The summed E-state index contributed by atoms with van der Waals surface area (Å²) < 4.78 is 12.8. The van der Waals surface area contributed by atoms with Gasteiger partial charge in [-0.05, 0) is 13.8 Å². The minimum atomic E-state index is -0.675. The van der Waals surface area contributed by atoms with Crippen molar-refractivity contribution in [2.75, 3.05) is 11.9 Å². The molecule has 1 rings (SSSR count). The van der Waals surface area contributed by atoms with Crippen LogP contribution in [0.2, 0.25) is 0 Å². The molecule has 1 atom stereocenters. The summed E-state index contributed by atoms with van der Waals surface area (Å²) in [5.41, 5.74) is 0.218. The van der Waals surface area contributed by atoms with E-state index in [1.165, 1.54) is 6.20 Å². The van der Waals surface area contributed by atoms with Gasteiger partial charge in [0.25, 0.3) is 0 Å². The number of rotatable bonds is 4. The van der Waals surface area contributed by atoms with E-state index in [4.69, 9.17) is 0 Å². The maximum absolute atomic E-state index is 12.8. The van der Waals surface area contributed by atoms with Crippen molar-refractivity contribution in [3.05, 3.63) is 24.3 Å². The Balaban J connectivity index is 2.49. The molecule has 1 heterocycles. The van der Waals surface area contributed by atoms with Gasteiger partial charge in [0.2, 0.25) is 5.91 Å². The summed E-state index contributed by atoms with van der Waals surface area (Å²) in [5.74, 6) is -0.838. The molecule has 0 fully saturated rings. The number of nitrogens with one attached hydrogen (secondary N) is 3. The van der Waals surface area contributed by atoms with Crippen LogP contribution in [0.5, 0.6) is 0 Å². The minimum Gasteiger partial charge on any atom is -0.355 e. The average Bonchev–Trinajstić information content (AvgIpc) is 2.28. The lowest BCUT2D eigenvalue weighted by atomic mass is 10.3. The Morgan fingerprint density at radius 3 is 2.78 bits per heavy atom. The van der Waals surface area contributed by atoms with Gasteiger partial charge in [-0.3, -0.25) is 9.78 Å². The molecule has 3 N–H and O–H groups in total. The number of pyridine rings is 1. The Bertz CT molecular complexity index is 439. The fraction of sp³-hybridized carbons (Fsp3) is 0.364. The van der Waals surface area contributed by atoms with Crippen molar-refractivity contribution in [1.29, 1.82) is 0 Å². The van der Waals surface area contributed by atoms with Crippen molar-refractivity contribution in [3.8, 4) is 0 Å². The quantitative estimate of drug-likeness (QED) is 0.745. The van der Waals surface area contributed by atoms with Crippen LogP contribution in [0, 0.1) is 5.82 Å². The zero-order valence-electron chi connectivity index (χ0n) is 10.2. The Kier molecular flexibility index (Phi) is 5.04. The Labute approximate surface area is 104 Å². The molecule has 0 aliphatic rings. The largest absolute Gasteiger partial charge is 0.355 e. The molecule has 0 aromatic carbocycles. The van der Waals surface area contributed by atoms with E-state index in [1.54, 1.807) is 13.8 Å². The van der Waals surface area contributed by atoms with Crippen molar-refractivity contribution >= 4 is 17.6 Å². The minimum absolute atomic E-state index is 0.218. The van der Waals surface area contributed by atoms with Crippen LogP contribution in [-0.4, -0.2) is 29.5 Å². The molecule has 18 heavy (non-hydrogen) atoms. The van der Waals surface area contributed by atoms with Gasteiger partial charge in [-0.1, -0.05) is 0 Å². The second-order valence-corrected chi connectivity index (χ2v) is 3.61. The smallest absolute Gasteiger partial charge is 0.319 e. The lowest BCUT2D eigenvalue weighted by Crippen LogP contribution is -2.46. The standard InChI is InChI=1S/C11H15FN4O2/c1-3-14-10(17)7(2)15-11(18)16-9-4-8(12)5-13-6-9/h4-7H,3H2,1-2H3,(H,14,17)(H2,15,16,18). The molecule has 0 spiro atoms. The van der Waals surface area contributed by atoms with Gasteiger partial charge in [-0.25, -0.2) is 9.18 Å². The van der Waals surface area contributed by atoms with Gasteiger partial charge >= 0.3 is 6.03 Å². The highest BCUT2D eigenvalue weighted by atomic mass is 19.1. The van der Waals surface area contributed by atoms with E-state index in [1.807, 2.05) is 0 Å². The highest BCUT2D eigenvalue weighted by Crippen LogP contribution is 2.06. The SMILES string of the molecule is CCNC(=O)C(C)NC(=O)Nc1cncc(F)c1. The van der Waals surface area contributed by atoms with Crippen LogP contribution in [0.15, 0.2) is 18.5 Å². The summed E-state index contributed by atoms with van der Waals surface area (Å²) in [6.07, 6.45) is 2.33. The van der Waals surface area contributed by atoms with Crippen LogP contribution >= 0.6 is 0 Å². The lowest BCUT2D eigenvalue weighted by molar-refractivity contribution is -0.122. The van der Waals surface area contributed by atoms with Gasteiger partial charge in [0.1, 0.15) is 11.9 Å². The van der Waals surface area contributed by atoms with E-state index < -0.39 is 17.9 Å². The molecule has 0 bridgehead atoms. The summed E-state index contributed by atoms with van der Waals surface area (Å²) in [6, 6.07) is -0.142. The Morgan fingerprint density at radius 1 is 1.44 bits per heavy atom. The maximum Gasteiger partial charge on any atom is 0.319 e. The number of hydrogen-bond acceptors (Lipinski definition) is 3. The van der Waals surface area contributed by atoms with Crippen molar-refractivity contribution in [1.82, 2.24) is 15.6 Å². The maximum atomic E-state index is 12.8. The van der Waals surface area contributed by atoms with Crippen LogP contribution in [-0.2, 0) is 4.79 Å². The summed E-state index contributed by atoms with van der Waals surface area (Å²) in [5, 5.41) is 7.37. The number of carbonyl (C=O) groups is 2. The van der Waals surface area contributed by atoms with Crippen molar-refractivity contribution in [2.24, 2.45) is 0 Å². The van der Waals surface area contributed by atoms with Crippen LogP contribution in [0.1, 0.15) is 13.8 Å². The van der Waals surface area contributed by atoms with Gasteiger partial charge in [0.05, 0.1) is 18.1 Å². The Morgan fingerprint density at radius 2 is 2.17 bits per heavy atom. The van der Waals surface area contributed by atoms with Gasteiger partial charge in [0, 0.05) is 12.6 Å². The molecule has 0 aliphatic carbocycles. The zero-order valence-corrected chi connectivity index (χ0v) is 10.2. The van der Waals surface area contributed by atoms with Crippen LogP contribution in [0.25, 0.3) is 0 Å². The molecule has 1 aromatic heterocycles. The number of hydrogen-bond donors (Lipinski definition) is 3. The number of likely N-dealkylation sites (N-methyl/N-ethyl adjacent to an activating group) is 1. The first-order chi connectivity index (χ1) is 8.52. The van der Waals surface area contributed by atoms with E-state index in [0.29, 0.717) is 6.54 Å². The van der Waals surface area contributed by atoms with E-state index in [0.717, 1.165) is 12.3 Å². The Hall–Kier alpha value is -2.18. The van der Waals surface area contributed by atoms with Gasteiger partial charge in [0.15, 0.2) is 0 Å².